The van der Waals surface area contributed by atoms with Crippen LogP contribution >= 0.6 is 0 Å². The van der Waals surface area contributed by atoms with Gasteiger partial charge in [0.15, 0.2) is 0 Å². The first-order chi connectivity index (χ1) is 11.5. The van der Waals surface area contributed by atoms with Crippen molar-refractivity contribution in [2.75, 3.05) is 19.5 Å². The Kier molecular flexibility index (Phi) is 6.07. The zero-order valence-electron chi connectivity index (χ0n) is 15.7. The third-order valence-corrected chi connectivity index (χ3v) is 4.21. The van der Waals surface area contributed by atoms with Crippen LogP contribution < -0.4 is 10.1 Å². The van der Waals surface area contributed by atoms with E-state index >= 15 is 0 Å². The molecule has 2 rings (SSSR count). The van der Waals surface area contributed by atoms with Gasteiger partial charge in [-0.3, -0.25) is 0 Å². The Balaban J connectivity index is 2.29. The summed E-state index contributed by atoms with van der Waals surface area (Å²) in [5.74, 6) is 1.13. The molecule has 0 spiro atoms. The summed E-state index contributed by atoms with van der Waals surface area (Å²) in [4.78, 5) is 4.64. The Bertz CT molecular complexity index is 692. The largest absolute Gasteiger partial charge is 0.481 e. The second-order valence-corrected chi connectivity index (χ2v) is 6.38. The van der Waals surface area contributed by atoms with Crippen molar-refractivity contribution < 1.29 is 4.74 Å². The topological polar surface area (TPSA) is 39.1 Å². The van der Waals surface area contributed by atoms with Crippen molar-refractivity contribution >= 4 is 11.8 Å². The van der Waals surface area contributed by atoms with E-state index in [1.807, 2.05) is 7.05 Å². The molecule has 1 N–H and O–H groups in total. The van der Waals surface area contributed by atoms with E-state index in [1.54, 1.807) is 7.11 Å². The first-order valence-electron chi connectivity index (χ1n) is 8.58. The highest BCUT2D eigenvalue weighted by Gasteiger charge is 2.10. The van der Waals surface area contributed by atoms with Gasteiger partial charge in [0.2, 0.25) is 5.88 Å². The number of ether oxygens (including phenoxy) is 1. The van der Waals surface area contributed by atoms with Gasteiger partial charge < -0.3 is 14.6 Å². The van der Waals surface area contributed by atoms with Crippen molar-refractivity contribution in [2.45, 2.75) is 46.6 Å². The molecular formula is C20H29N3O. The molecule has 2 aromatic rings. The molecule has 0 amide bonds. The Hall–Kier alpha value is -2.23. The quantitative estimate of drug-likeness (QED) is 0.799. The normalized spacial score (nSPS) is 11.9. The van der Waals surface area contributed by atoms with Crippen LogP contribution in [0.2, 0.25) is 0 Å². The van der Waals surface area contributed by atoms with Crippen LogP contribution in [0.3, 0.4) is 0 Å². The van der Waals surface area contributed by atoms with Crippen LogP contribution in [0, 0.1) is 0 Å². The van der Waals surface area contributed by atoms with E-state index in [2.05, 4.69) is 73.0 Å². The number of allylic oxidation sites excluding steroid dienone is 1. The van der Waals surface area contributed by atoms with Gasteiger partial charge in [0.25, 0.3) is 0 Å². The van der Waals surface area contributed by atoms with Gasteiger partial charge in [0.1, 0.15) is 0 Å². The minimum atomic E-state index is 0.399. The highest BCUT2D eigenvalue weighted by Crippen LogP contribution is 2.25. The maximum absolute atomic E-state index is 5.51. The van der Waals surface area contributed by atoms with Crippen molar-refractivity contribution in [3.63, 3.8) is 0 Å². The highest BCUT2D eigenvalue weighted by atomic mass is 16.5. The summed E-state index contributed by atoms with van der Waals surface area (Å²) in [6.45, 7) is 9.55. The van der Waals surface area contributed by atoms with Crippen molar-refractivity contribution in [1.82, 2.24) is 9.55 Å². The van der Waals surface area contributed by atoms with E-state index in [9.17, 15) is 0 Å². The number of nitrogens with zero attached hydrogens (tertiary/aromatic N) is 2. The zero-order chi connectivity index (χ0) is 17.7. The van der Waals surface area contributed by atoms with Crippen molar-refractivity contribution in [1.29, 1.82) is 0 Å². The standard InChI is InChI=1S/C20H29N3O/c1-7-23-11-10-18(21-5)19(23)13-15(4)12-16-8-9-17(14(2)3)22-20(16)24-6/h8-11,13-14,21H,7,12H2,1-6H3/b15-13-. The Morgan fingerprint density at radius 2 is 2.08 bits per heavy atom. The second kappa shape index (κ2) is 8.04. The number of aromatic nitrogens is 2. The smallest absolute Gasteiger partial charge is 0.216 e. The molecule has 2 aromatic heterocycles. The van der Waals surface area contributed by atoms with Crippen molar-refractivity contribution in [3.8, 4) is 5.88 Å². The number of rotatable bonds is 7. The molecule has 0 fully saturated rings. The summed E-state index contributed by atoms with van der Waals surface area (Å²) in [5.41, 5.74) is 5.82. The molecule has 4 heteroatoms. The third-order valence-electron chi connectivity index (χ3n) is 4.21. The summed E-state index contributed by atoms with van der Waals surface area (Å²) in [6, 6.07) is 6.35. The lowest BCUT2D eigenvalue weighted by Crippen LogP contribution is -2.02. The molecule has 0 aliphatic carbocycles. The SMILES string of the molecule is CCn1ccc(NC)c1/C=C(/C)Cc1ccc(C(C)C)nc1OC. The number of methoxy groups -OCH3 is 1. The molecule has 0 aliphatic heterocycles. The number of anilines is 1. The minimum absolute atomic E-state index is 0.399. The highest BCUT2D eigenvalue weighted by molar-refractivity contribution is 5.66. The predicted molar refractivity (Wildman–Crippen MR) is 102 cm³/mol. The first-order valence-corrected chi connectivity index (χ1v) is 8.58. The number of nitrogens with one attached hydrogen (secondary N) is 1. The number of hydrogen-bond donors (Lipinski definition) is 1. The lowest BCUT2D eigenvalue weighted by molar-refractivity contribution is 0.391. The molecule has 4 nitrogen and oxygen atoms in total. The molecule has 130 valence electrons. The maximum Gasteiger partial charge on any atom is 0.216 e. The number of aryl methyl sites for hydroxylation is 1. The van der Waals surface area contributed by atoms with Gasteiger partial charge in [0, 0.05) is 31.0 Å². The zero-order valence-corrected chi connectivity index (χ0v) is 15.7. The fraction of sp³-hybridized carbons (Fsp3) is 0.450. The fourth-order valence-corrected chi connectivity index (χ4v) is 2.83. The Morgan fingerprint density at radius 1 is 1.33 bits per heavy atom. The van der Waals surface area contributed by atoms with Crippen LogP contribution in [0.1, 0.15) is 50.6 Å². The lowest BCUT2D eigenvalue weighted by atomic mass is 10.0. The average molecular weight is 327 g/mol. The number of hydrogen-bond acceptors (Lipinski definition) is 3. The van der Waals surface area contributed by atoms with E-state index in [0.717, 1.165) is 35.8 Å². The van der Waals surface area contributed by atoms with Crippen LogP contribution in [0.15, 0.2) is 30.0 Å². The Morgan fingerprint density at radius 3 is 2.67 bits per heavy atom. The summed E-state index contributed by atoms with van der Waals surface area (Å²) >= 11 is 0. The molecule has 0 saturated carbocycles. The summed E-state index contributed by atoms with van der Waals surface area (Å²) in [7, 11) is 3.65. The molecule has 0 unspecified atom stereocenters. The molecule has 0 atom stereocenters. The molecule has 0 radical (unpaired) electrons. The Labute approximate surface area is 145 Å². The van der Waals surface area contributed by atoms with Gasteiger partial charge in [-0.15, -0.1) is 0 Å². The van der Waals surface area contributed by atoms with Gasteiger partial charge >= 0.3 is 0 Å². The van der Waals surface area contributed by atoms with Gasteiger partial charge in [-0.1, -0.05) is 25.5 Å². The van der Waals surface area contributed by atoms with Crippen LogP contribution in [-0.4, -0.2) is 23.7 Å². The van der Waals surface area contributed by atoms with Gasteiger partial charge in [-0.2, -0.15) is 0 Å². The van der Waals surface area contributed by atoms with Crippen LogP contribution in [-0.2, 0) is 13.0 Å². The fourth-order valence-electron chi connectivity index (χ4n) is 2.83. The minimum Gasteiger partial charge on any atom is -0.481 e. The lowest BCUT2D eigenvalue weighted by Gasteiger charge is -2.12. The third kappa shape index (κ3) is 3.99. The molecule has 24 heavy (non-hydrogen) atoms. The van der Waals surface area contributed by atoms with Crippen LogP contribution in [0.5, 0.6) is 5.88 Å². The second-order valence-electron chi connectivity index (χ2n) is 6.38. The maximum atomic E-state index is 5.51. The predicted octanol–water partition coefficient (Wildman–Crippen LogP) is 4.72. The van der Waals surface area contributed by atoms with Crippen LogP contribution in [0.4, 0.5) is 5.69 Å². The molecule has 0 saturated heterocycles. The van der Waals surface area contributed by atoms with E-state index in [0.29, 0.717) is 5.92 Å². The summed E-state index contributed by atoms with van der Waals surface area (Å²) in [6.07, 6.45) is 5.18. The molecule has 0 aromatic carbocycles. The van der Waals surface area contributed by atoms with Crippen molar-refractivity contribution in [3.05, 3.63) is 46.9 Å². The first kappa shape index (κ1) is 18.1. The van der Waals surface area contributed by atoms with E-state index in [-0.39, 0.29) is 0 Å². The van der Waals surface area contributed by atoms with E-state index in [4.69, 9.17) is 4.74 Å². The van der Waals surface area contributed by atoms with Crippen LogP contribution in [0.25, 0.3) is 6.08 Å². The molecule has 2 heterocycles. The summed E-state index contributed by atoms with van der Waals surface area (Å²) in [5, 5.41) is 3.26. The van der Waals surface area contributed by atoms with E-state index < -0.39 is 0 Å². The van der Waals surface area contributed by atoms with Gasteiger partial charge in [-0.05, 0) is 44.4 Å². The van der Waals surface area contributed by atoms with E-state index in [1.165, 1.54) is 11.3 Å². The average Bonchev–Trinajstić information content (AvgIpc) is 2.96. The molecule has 0 bridgehead atoms. The molecular weight excluding hydrogens is 298 g/mol. The number of pyridine rings is 1. The molecule has 0 aliphatic rings. The summed E-state index contributed by atoms with van der Waals surface area (Å²) < 4.78 is 7.75. The van der Waals surface area contributed by atoms with Crippen molar-refractivity contribution in [2.24, 2.45) is 0 Å². The van der Waals surface area contributed by atoms with Gasteiger partial charge in [0.05, 0.1) is 18.5 Å². The van der Waals surface area contributed by atoms with Gasteiger partial charge in [-0.25, -0.2) is 4.98 Å². The monoisotopic (exact) mass is 327 g/mol.